The van der Waals surface area contributed by atoms with Crippen LogP contribution in [0.4, 0.5) is 5.13 Å². The Morgan fingerprint density at radius 3 is 2.77 bits per heavy atom. The molecule has 1 aromatic carbocycles. The fraction of sp³-hybridized carbons (Fsp3) is 0.400. The number of benzene rings is 1. The Labute approximate surface area is 198 Å². The lowest BCUT2D eigenvalue weighted by atomic mass is 10.3. The zero-order valence-electron chi connectivity index (χ0n) is 16.5. The van der Waals surface area contributed by atoms with Crippen molar-refractivity contribution in [3.63, 3.8) is 0 Å². The van der Waals surface area contributed by atoms with Crippen molar-refractivity contribution in [2.75, 3.05) is 51.4 Å². The molecule has 3 heterocycles. The number of amides is 1. The first kappa shape index (κ1) is 23.4. The van der Waals surface area contributed by atoms with Gasteiger partial charge >= 0.3 is 0 Å². The van der Waals surface area contributed by atoms with Crippen molar-refractivity contribution >= 4 is 72.3 Å². The standard InChI is InChI=1S/C20H22BrN3O3S2.ClH/c1-26-14-3-4-15-17(13-14)29-20(22-15)24(19(25)16-5-6-18(21)28-16)8-2-7-23-9-11-27-12-10-23;/h3-6,13H,2,7-12H2,1H3;1H. The summed E-state index contributed by atoms with van der Waals surface area (Å²) in [6.45, 7) is 5.04. The van der Waals surface area contributed by atoms with Gasteiger partial charge in [-0.1, -0.05) is 11.3 Å². The third-order valence-corrected chi connectivity index (χ3v) is 7.46. The molecule has 0 spiro atoms. The number of carbonyl (C=O) groups excluding carboxylic acids is 1. The van der Waals surface area contributed by atoms with E-state index in [4.69, 9.17) is 14.5 Å². The van der Waals surface area contributed by atoms with Gasteiger partial charge in [0.2, 0.25) is 0 Å². The number of rotatable bonds is 7. The zero-order chi connectivity index (χ0) is 20.2. The summed E-state index contributed by atoms with van der Waals surface area (Å²) in [5, 5.41) is 0.727. The maximum Gasteiger partial charge on any atom is 0.270 e. The fourth-order valence-corrected chi connectivity index (χ4v) is 5.61. The number of morpholine rings is 1. The predicted molar refractivity (Wildman–Crippen MR) is 129 cm³/mol. The SMILES string of the molecule is COc1ccc2nc(N(CCCN3CCOCC3)C(=O)c3ccc(Br)s3)sc2c1.Cl. The van der Waals surface area contributed by atoms with Gasteiger partial charge in [0.15, 0.2) is 5.13 Å². The summed E-state index contributed by atoms with van der Waals surface area (Å²) in [7, 11) is 1.65. The summed E-state index contributed by atoms with van der Waals surface area (Å²) in [4.78, 5) is 22.9. The smallest absolute Gasteiger partial charge is 0.270 e. The monoisotopic (exact) mass is 531 g/mol. The van der Waals surface area contributed by atoms with Crippen LogP contribution in [0.1, 0.15) is 16.1 Å². The average Bonchev–Trinajstić information content (AvgIpc) is 3.37. The van der Waals surface area contributed by atoms with Gasteiger partial charge in [0.25, 0.3) is 5.91 Å². The molecular formula is C20H23BrClN3O3S2. The van der Waals surface area contributed by atoms with Crippen molar-refractivity contribution in [1.29, 1.82) is 0 Å². The Hall–Kier alpha value is -1.23. The lowest BCUT2D eigenvalue weighted by molar-refractivity contribution is 0.0376. The Morgan fingerprint density at radius 2 is 2.07 bits per heavy atom. The van der Waals surface area contributed by atoms with E-state index < -0.39 is 0 Å². The van der Waals surface area contributed by atoms with Gasteiger partial charge in [-0.2, -0.15) is 0 Å². The largest absolute Gasteiger partial charge is 0.497 e. The lowest BCUT2D eigenvalue weighted by Crippen LogP contribution is -2.39. The number of thiophene rings is 1. The van der Waals surface area contributed by atoms with Crippen LogP contribution in [0.5, 0.6) is 5.75 Å². The van der Waals surface area contributed by atoms with Crippen LogP contribution in [-0.4, -0.2) is 62.3 Å². The number of halogens is 2. The van der Waals surface area contributed by atoms with E-state index in [1.54, 1.807) is 7.11 Å². The highest BCUT2D eigenvalue weighted by atomic mass is 79.9. The van der Waals surface area contributed by atoms with E-state index >= 15 is 0 Å². The number of carbonyl (C=O) groups is 1. The Balaban J connectivity index is 0.00000256. The number of thiazole rings is 1. The minimum atomic E-state index is -0.00583. The number of anilines is 1. The maximum absolute atomic E-state index is 13.3. The highest BCUT2D eigenvalue weighted by Gasteiger charge is 2.23. The normalized spacial score (nSPS) is 14.5. The molecule has 162 valence electrons. The number of nitrogens with zero attached hydrogens (tertiary/aromatic N) is 3. The highest BCUT2D eigenvalue weighted by molar-refractivity contribution is 9.11. The molecule has 1 fully saturated rings. The Kier molecular flexibility index (Phi) is 8.50. The molecule has 0 saturated carbocycles. The van der Waals surface area contributed by atoms with E-state index in [-0.39, 0.29) is 18.3 Å². The summed E-state index contributed by atoms with van der Waals surface area (Å²) in [6, 6.07) is 9.57. The van der Waals surface area contributed by atoms with Crippen molar-refractivity contribution in [1.82, 2.24) is 9.88 Å². The first-order valence-corrected chi connectivity index (χ1v) is 11.9. The molecule has 2 aromatic heterocycles. The second-order valence-corrected chi connectivity index (χ2v) is 10.2. The van der Waals surface area contributed by atoms with Crippen molar-refractivity contribution < 1.29 is 14.3 Å². The Morgan fingerprint density at radius 1 is 1.27 bits per heavy atom. The van der Waals surface area contributed by atoms with Crippen molar-refractivity contribution in [3.8, 4) is 5.75 Å². The van der Waals surface area contributed by atoms with Crippen LogP contribution in [0, 0.1) is 0 Å². The third-order valence-electron chi connectivity index (χ3n) is 4.80. The summed E-state index contributed by atoms with van der Waals surface area (Å²) in [5.41, 5.74) is 0.879. The van der Waals surface area contributed by atoms with Gasteiger partial charge in [-0.3, -0.25) is 14.6 Å². The molecule has 0 N–H and O–H groups in total. The predicted octanol–water partition coefficient (Wildman–Crippen LogP) is 4.92. The molecule has 0 bridgehead atoms. The van der Waals surface area contributed by atoms with Crippen LogP contribution < -0.4 is 9.64 Å². The second kappa shape index (κ2) is 10.9. The Bertz CT molecular complexity index is 991. The van der Waals surface area contributed by atoms with E-state index in [1.165, 1.54) is 22.7 Å². The molecule has 0 atom stereocenters. The van der Waals surface area contributed by atoms with Gasteiger partial charge in [-0.25, -0.2) is 4.98 Å². The molecule has 30 heavy (non-hydrogen) atoms. The van der Waals surface area contributed by atoms with Crippen molar-refractivity contribution in [2.45, 2.75) is 6.42 Å². The maximum atomic E-state index is 13.3. The number of fused-ring (bicyclic) bond motifs is 1. The first-order chi connectivity index (χ1) is 14.1. The number of aromatic nitrogens is 1. The van der Waals surface area contributed by atoms with Crippen LogP contribution in [0.15, 0.2) is 34.1 Å². The van der Waals surface area contributed by atoms with Crippen LogP contribution in [0.25, 0.3) is 10.2 Å². The van der Waals surface area contributed by atoms with Gasteiger partial charge in [-0.15, -0.1) is 23.7 Å². The van der Waals surface area contributed by atoms with Crippen LogP contribution >= 0.6 is 51.0 Å². The minimum absolute atomic E-state index is 0. The molecule has 0 unspecified atom stereocenters. The van der Waals surface area contributed by atoms with E-state index in [0.717, 1.165) is 64.2 Å². The molecule has 3 aromatic rings. The topological polar surface area (TPSA) is 54.9 Å². The quantitative estimate of drug-likeness (QED) is 0.432. The summed E-state index contributed by atoms with van der Waals surface area (Å²) in [6.07, 6.45) is 0.886. The number of methoxy groups -OCH3 is 1. The molecule has 0 aliphatic carbocycles. The van der Waals surface area contributed by atoms with Crippen LogP contribution in [0.2, 0.25) is 0 Å². The van der Waals surface area contributed by atoms with E-state index in [0.29, 0.717) is 11.4 Å². The molecule has 6 nitrogen and oxygen atoms in total. The van der Waals surface area contributed by atoms with E-state index in [2.05, 4.69) is 20.8 Å². The second-order valence-electron chi connectivity index (χ2n) is 6.70. The van der Waals surface area contributed by atoms with Gasteiger partial charge in [-0.05, 0) is 52.7 Å². The molecule has 1 amide bonds. The van der Waals surface area contributed by atoms with Gasteiger partial charge in [0.1, 0.15) is 5.75 Å². The van der Waals surface area contributed by atoms with E-state index in [9.17, 15) is 4.79 Å². The lowest BCUT2D eigenvalue weighted by Gasteiger charge is -2.27. The van der Waals surface area contributed by atoms with Crippen LogP contribution in [0.3, 0.4) is 0 Å². The number of ether oxygens (including phenoxy) is 2. The van der Waals surface area contributed by atoms with E-state index in [1.807, 2.05) is 35.2 Å². The molecular weight excluding hydrogens is 510 g/mol. The van der Waals surface area contributed by atoms with Crippen molar-refractivity contribution in [2.24, 2.45) is 0 Å². The first-order valence-electron chi connectivity index (χ1n) is 9.46. The molecule has 1 aliphatic rings. The average molecular weight is 533 g/mol. The molecule has 1 saturated heterocycles. The van der Waals surface area contributed by atoms with Gasteiger partial charge in [0.05, 0.1) is 39.2 Å². The third kappa shape index (κ3) is 5.52. The highest BCUT2D eigenvalue weighted by Crippen LogP contribution is 2.33. The van der Waals surface area contributed by atoms with Gasteiger partial charge < -0.3 is 9.47 Å². The minimum Gasteiger partial charge on any atom is -0.497 e. The molecule has 4 rings (SSSR count). The summed E-state index contributed by atoms with van der Waals surface area (Å²) in [5.74, 6) is 0.786. The number of hydrogen-bond acceptors (Lipinski definition) is 7. The molecule has 0 radical (unpaired) electrons. The molecule has 10 heteroatoms. The summed E-state index contributed by atoms with van der Waals surface area (Å²) < 4.78 is 12.7. The molecule has 1 aliphatic heterocycles. The summed E-state index contributed by atoms with van der Waals surface area (Å²) >= 11 is 6.43. The van der Waals surface area contributed by atoms with Crippen molar-refractivity contribution in [3.05, 3.63) is 39.0 Å². The zero-order valence-corrected chi connectivity index (χ0v) is 20.5. The van der Waals surface area contributed by atoms with Crippen LogP contribution in [-0.2, 0) is 4.74 Å². The van der Waals surface area contributed by atoms with Gasteiger partial charge in [0, 0.05) is 26.2 Å². The fourth-order valence-electron chi connectivity index (χ4n) is 3.26. The number of hydrogen-bond donors (Lipinski definition) is 0.